The molecule has 0 atom stereocenters. The van der Waals surface area contributed by atoms with Crippen LogP contribution in [0.4, 0.5) is 4.79 Å². The normalized spacial score (nSPS) is 15.8. The molecule has 0 N–H and O–H groups in total. The van der Waals surface area contributed by atoms with E-state index in [4.69, 9.17) is 4.74 Å². The largest absolute Gasteiger partial charge is 0.445 e. The molecule has 0 unspecified atom stereocenters. The molecule has 5 nitrogen and oxygen atoms in total. The Morgan fingerprint density at radius 2 is 2.00 bits per heavy atom. The predicted octanol–water partition coefficient (Wildman–Crippen LogP) is 3.17. The summed E-state index contributed by atoms with van der Waals surface area (Å²) in [5.41, 5.74) is 1.01. The fraction of sp³-hybridized carbons (Fsp3) is 0.412. The zero-order chi connectivity index (χ0) is 15.4. The van der Waals surface area contributed by atoms with Gasteiger partial charge >= 0.3 is 6.09 Å². The predicted molar refractivity (Wildman–Crippen MR) is 83.4 cm³/mol. The Labute approximate surface area is 130 Å². The highest BCUT2D eigenvalue weighted by atomic mass is 16.6. The number of likely N-dealkylation sites (tertiary alicyclic amines) is 1. The van der Waals surface area contributed by atoms with Crippen molar-refractivity contribution in [1.29, 1.82) is 0 Å². The first-order chi connectivity index (χ1) is 10.7. The van der Waals surface area contributed by atoms with Crippen molar-refractivity contribution in [3.05, 3.63) is 54.1 Å². The summed E-state index contributed by atoms with van der Waals surface area (Å²) >= 11 is 0. The summed E-state index contributed by atoms with van der Waals surface area (Å²) < 4.78 is 7.59. The van der Waals surface area contributed by atoms with E-state index in [-0.39, 0.29) is 6.09 Å². The SMILES string of the molecule is Cc1nccn1C1CCN(C(=O)OCc2ccccc2)CC1. The van der Waals surface area contributed by atoms with E-state index < -0.39 is 0 Å². The lowest BCUT2D eigenvalue weighted by Crippen LogP contribution is -2.39. The molecule has 22 heavy (non-hydrogen) atoms. The molecule has 3 rings (SSSR count). The third kappa shape index (κ3) is 3.30. The van der Waals surface area contributed by atoms with Gasteiger partial charge in [0.2, 0.25) is 0 Å². The first-order valence-electron chi connectivity index (χ1n) is 7.69. The smallest absolute Gasteiger partial charge is 0.410 e. The highest BCUT2D eigenvalue weighted by molar-refractivity contribution is 5.67. The lowest BCUT2D eigenvalue weighted by atomic mass is 10.1. The van der Waals surface area contributed by atoms with Crippen LogP contribution in [0, 0.1) is 6.92 Å². The van der Waals surface area contributed by atoms with Gasteiger partial charge in [-0.1, -0.05) is 30.3 Å². The fourth-order valence-electron chi connectivity index (χ4n) is 2.91. The zero-order valence-electron chi connectivity index (χ0n) is 12.8. The molecule has 0 bridgehead atoms. The van der Waals surface area contributed by atoms with Gasteiger partial charge in [0.15, 0.2) is 0 Å². The van der Waals surface area contributed by atoms with Crippen LogP contribution >= 0.6 is 0 Å². The van der Waals surface area contributed by atoms with Gasteiger partial charge in [0.25, 0.3) is 0 Å². The maximum atomic E-state index is 12.1. The van der Waals surface area contributed by atoms with Crippen LogP contribution in [0.25, 0.3) is 0 Å². The number of imidazole rings is 1. The maximum absolute atomic E-state index is 12.1. The Hall–Kier alpha value is -2.30. The Bertz CT molecular complexity index is 616. The minimum Gasteiger partial charge on any atom is -0.445 e. The highest BCUT2D eigenvalue weighted by Crippen LogP contribution is 2.24. The molecule has 1 aliphatic heterocycles. The van der Waals surface area contributed by atoms with Crippen LogP contribution in [0.15, 0.2) is 42.7 Å². The number of aromatic nitrogens is 2. The second-order valence-electron chi connectivity index (χ2n) is 5.64. The van der Waals surface area contributed by atoms with Crippen molar-refractivity contribution in [3.63, 3.8) is 0 Å². The number of carbonyl (C=O) groups excluding carboxylic acids is 1. The van der Waals surface area contributed by atoms with E-state index in [9.17, 15) is 4.79 Å². The van der Waals surface area contributed by atoms with Crippen LogP contribution in [0.5, 0.6) is 0 Å². The second kappa shape index (κ2) is 6.64. The van der Waals surface area contributed by atoms with Gasteiger partial charge in [-0.2, -0.15) is 0 Å². The Balaban J connectivity index is 1.49. The number of nitrogens with zero attached hydrogens (tertiary/aromatic N) is 3. The molecule has 1 fully saturated rings. The Morgan fingerprint density at radius 1 is 1.27 bits per heavy atom. The number of aryl methyl sites for hydroxylation is 1. The van der Waals surface area contributed by atoms with Gasteiger partial charge in [-0.15, -0.1) is 0 Å². The monoisotopic (exact) mass is 299 g/mol. The van der Waals surface area contributed by atoms with E-state index in [1.807, 2.05) is 49.6 Å². The highest BCUT2D eigenvalue weighted by Gasteiger charge is 2.25. The quantitative estimate of drug-likeness (QED) is 0.874. The molecule has 2 aromatic rings. The molecule has 1 aliphatic rings. The van der Waals surface area contributed by atoms with E-state index in [1.54, 1.807) is 4.90 Å². The summed E-state index contributed by atoms with van der Waals surface area (Å²) in [7, 11) is 0. The molecule has 0 saturated carbocycles. The number of hydrogen-bond donors (Lipinski definition) is 0. The van der Waals surface area contributed by atoms with Crippen molar-refractivity contribution in [2.45, 2.75) is 32.4 Å². The fourth-order valence-corrected chi connectivity index (χ4v) is 2.91. The van der Waals surface area contributed by atoms with Crippen LogP contribution in [-0.2, 0) is 11.3 Å². The molecule has 1 amide bonds. The number of hydrogen-bond acceptors (Lipinski definition) is 3. The van der Waals surface area contributed by atoms with Gasteiger partial charge in [-0.3, -0.25) is 0 Å². The van der Waals surface area contributed by atoms with Gasteiger partial charge in [0, 0.05) is 31.5 Å². The van der Waals surface area contributed by atoms with E-state index in [0.29, 0.717) is 12.6 Å². The van der Waals surface area contributed by atoms with Crippen molar-refractivity contribution in [3.8, 4) is 0 Å². The van der Waals surface area contributed by atoms with Crippen LogP contribution in [0.3, 0.4) is 0 Å². The van der Waals surface area contributed by atoms with Gasteiger partial charge < -0.3 is 14.2 Å². The molecule has 1 saturated heterocycles. The number of rotatable bonds is 3. The topological polar surface area (TPSA) is 47.4 Å². The maximum Gasteiger partial charge on any atom is 0.410 e. The number of benzene rings is 1. The molecule has 0 aliphatic carbocycles. The van der Waals surface area contributed by atoms with E-state index in [1.165, 1.54) is 0 Å². The minimum absolute atomic E-state index is 0.218. The standard InChI is InChI=1S/C17H21N3O2/c1-14-18-9-12-20(14)16-7-10-19(11-8-16)17(21)22-13-15-5-3-2-4-6-15/h2-6,9,12,16H,7-8,10-11,13H2,1H3. The number of ether oxygens (including phenoxy) is 1. The zero-order valence-corrected chi connectivity index (χ0v) is 12.8. The third-order valence-corrected chi connectivity index (χ3v) is 4.18. The van der Waals surface area contributed by atoms with Crippen molar-refractivity contribution < 1.29 is 9.53 Å². The molecule has 116 valence electrons. The summed E-state index contributed by atoms with van der Waals surface area (Å²) in [6.07, 6.45) is 5.51. The summed E-state index contributed by atoms with van der Waals surface area (Å²) in [6.45, 7) is 3.81. The molecular formula is C17H21N3O2. The van der Waals surface area contributed by atoms with Crippen LogP contribution < -0.4 is 0 Å². The Kier molecular flexibility index (Phi) is 4.42. The van der Waals surface area contributed by atoms with Crippen molar-refractivity contribution in [2.75, 3.05) is 13.1 Å². The van der Waals surface area contributed by atoms with E-state index in [0.717, 1.165) is 37.3 Å². The van der Waals surface area contributed by atoms with Gasteiger partial charge in [-0.05, 0) is 25.3 Å². The number of carbonyl (C=O) groups is 1. The lowest BCUT2D eigenvalue weighted by Gasteiger charge is -2.32. The average Bonchev–Trinajstić information content (AvgIpc) is 3.00. The van der Waals surface area contributed by atoms with Gasteiger partial charge in [-0.25, -0.2) is 9.78 Å². The van der Waals surface area contributed by atoms with Crippen molar-refractivity contribution in [2.24, 2.45) is 0 Å². The molecular weight excluding hydrogens is 278 g/mol. The van der Waals surface area contributed by atoms with Crippen LogP contribution in [-0.4, -0.2) is 33.6 Å². The summed E-state index contributed by atoms with van der Waals surface area (Å²) in [4.78, 5) is 18.2. The first-order valence-corrected chi connectivity index (χ1v) is 7.69. The summed E-state index contributed by atoms with van der Waals surface area (Å²) in [6, 6.07) is 10.2. The summed E-state index contributed by atoms with van der Waals surface area (Å²) in [5.74, 6) is 1.03. The summed E-state index contributed by atoms with van der Waals surface area (Å²) in [5, 5.41) is 0. The van der Waals surface area contributed by atoms with Gasteiger partial charge in [0.05, 0.1) is 0 Å². The number of piperidine rings is 1. The third-order valence-electron chi connectivity index (χ3n) is 4.18. The lowest BCUT2D eigenvalue weighted by molar-refractivity contribution is 0.0830. The van der Waals surface area contributed by atoms with Gasteiger partial charge in [0.1, 0.15) is 12.4 Å². The average molecular weight is 299 g/mol. The van der Waals surface area contributed by atoms with E-state index >= 15 is 0 Å². The van der Waals surface area contributed by atoms with Crippen LogP contribution in [0.1, 0.15) is 30.3 Å². The van der Waals surface area contributed by atoms with Crippen LogP contribution in [0.2, 0.25) is 0 Å². The van der Waals surface area contributed by atoms with Crippen molar-refractivity contribution in [1.82, 2.24) is 14.5 Å². The minimum atomic E-state index is -0.218. The number of amides is 1. The molecule has 2 heterocycles. The molecule has 5 heteroatoms. The van der Waals surface area contributed by atoms with Crippen molar-refractivity contribution >= 4 is 6.09 Å². The Morgan fingerprint density at radius 3 is 2.64 bits per heavy atom. The second-order valence-corrected chi connectivity index (χ2v) is 5.64. The van der Waals surface area contributed by atoms with E-state index in [2.05, 4.69) is 9.55 Å². The molecule has 0 radical (unpaired) electrons. The first kappa shape index (κ1) is 14.6. The molecule has 1 aromatic carbocycles. The molecule has 0 spiro atoms. The molecule has 1 aromatic heterocycles.